The molecule has 3 rings (SSSR count). The van der Waals surface area contributed by atoms with Gasteiger partial charge in [-0.3, -0.25) is 14.4 Å². The number of ether oxygens (including phenoxy) is 3. The van der Waals surface area contributed by atoms with E-state index in [9.17, 15) is 34.2 Å². The number of aliphatic carboxylic acids is 1. The lowest BCUT2D eigenvalue weighted by Crippen LogP contribution is -2.56. The number of amides is 3. The first-order valence-electron chi connectivity index (χ1n) is 13.3. The van der Waals surface area contributed by atoms with Crippen LogP contribution in [0.25, 0.3) is 5.69 Å². The van der Waals surface area contributed by atoms with E-state index < -0.39 is 48.1 Å². The monoisotopic (exact) mass is 589 g/mol. The van der Waals surface area contributed by atoms with Crippen LogP contribution >= 0.6 is 0 Å². The normalized spacial score (nSPS) is 15.2. The van der Waals surface area contributed by atoms with Gasteiger partial charge < -0.3 is 39.5 Å². The van der Waals surface area contributed by atoms with Crippen LogP contribution in [0.4, 0.5) is 4.79 Å². The molecule has 2 aromatic rings. The van der Waals surface area contributed by atoms with Crippen LogP contribution in [0.2, 0.25) is 0 Å². The van der Waals surface area contributed by atoms with Crippen LogP contribution in [-0.4, -0.2) is 118 Å². The number of aliphatic hydroxyl groups is 1. The molecule has 0 aliphatic carbocycles. The Morgan fingerprint density at radius 3 is 2.31 bits per heavy atom. The number of esters is 1. The molecule has 1 aromatic carbocycles. The summed E-state index contributed by atoms with van der Waals surface area (Å²) in [6.07, 6.45) is -1.04. The fourth-order valence-corrected chi connectivity index (χ4v) is 4.13. The highest BCUT2D eigenvalue weighted by atomic mass is 16.6. The Labute approximate surface area is 241 Å². The second-order valence-corrected chi connectivity index (χ2v) is 9.64. The van der Waals surface area contributed by atoms with E-state index in [1.165, 1.54) is 27.5 Å². The molecule has 1 aliphatic heterocycles. The molecule has 0 radical (unpaired) electrons. The van der Waals surface area contributed by atoms with Gasteiger partial charge in [0.25, 0.3) is 5.91 Å². The molecular weight excluding hydrogens is 554 g/mol. The molecule has 42 heavy (non-hydrogen) atoms. The lowest BCUT2D eigenvalue weighted by molar-refractivity contribution is -0.163. The smallest absolute Gasteiger partial charge is 0.409 e. The molecule has 15 heteroatoms. The lowest BCUT2D eigenvalue weighted by Gasteiger charge is -2.35. The maximum Gasteiger partial charge on any atom is 0.409 e. The van der Waals surface area contributed by atoms with Crippen molar-refractivity contribution < 1.29 is 48.4 Å². The zero-order chi connectivity index (χ0) is 30.9. The Balaban J connectivity index is 1.80. The molecule has 1 saturated heterocycles. The predicted octanol–water partition coefficient (Wildman–Crippen LogP) is 0.439. The number of nitrogens with one attached hydrogen (secondary N) is 1. The standard InChI is InChI=1S/C27H35N5O10/c1-4-41-26(38)31-14-12-30(13-15-31)24(36)19(10-11-22(33)34)28-23(35)20-16-21(42-17-27(2,39)25(37)40-3)32(29-20)18-8-6-5-7-9-18/h5-9,16,19,39H,4,10-15,17H2,1-3H3,(H,28,35)(H,33,34)/t19?,27-/m0/s1. The molecule has 15 nitrogen and oxygen atoms in total. The first kappa shape index (κ1) is 31.9. The third kappa shape index (κ3) is 8.19. The number of aromatic nitrogens is 2. The number of carbonyl (C=O) groups excluding carboxylic acids is 4. The zero-order valence-electron chi connectivity index (χ0n) is 23.6. The summed E-state index contributed by atoms with van der Waals surface area (Å²) < 4.78 is 16.5. The molecule has 2 heterocycles. The van der Waals surface area contributed by atoms with E-state index >= 15 is 0 Å². The lowest BCUT2D eigenvalue weighted by atomic mass is 10.1. The van der Waals surface area contributed by atoms with Gasteiger partial charge in [0.2, 0.25) is 11.8 Å². The minimum absolute atomic E-state index is 0.0130. The first-order valence-corrected chi connectivity index (χ1v) is 13.3. The number of methoxy groups -OCH3 is 1. The van der Waals surface area contributed by atoms with Crippen molar-refractivity contribution in [3.63, 3.8) is 0 Å². The van der Waals surface area contributed by atoms with Gasteiger partial charge in [0, 0.05) is 38.7 Å². The SMILES string of the molecule is CCOC(=O)N1CCN(C(=O)C(CCC(=O)O)NC(=O)c2cc(OC[C@](C)(O)C(=O)OC)n(-c3ccccc3)n2)CC1. The highest BCUT2D eigenvalue weighted by Crippen LogP contribution is 2.22. The van der Waals surface area contributed by atoms with Gasteiger partial charge in [-0.1, -0.05) is 18.2 Å². The largest absolute Gasteiger partial charge is 0.481 e. The third-order valence-corrected chi connectivity index (χ3v) is 6.40. The second-order valence-electron chi connectivity index (χ2n) is 9.64. The van der Waals surface area contributed by atoms with Crippen molar-refractivity contribution in [3.05, 3.63) is 42.1 Å². The van der Waals surface area contributed by atoms with Crippen LogP contribution in [0.5, 0.6) is 5.88 Å². The Morgan fingerprint density at radius 1 is 1.07 bits per heavy atom. The highest BCUT2D eigenvalue weighted by Gasteiger charge is 2.34. The topological polar surface area (TPSA) is 190 Å². The summed E-state index contributed by atoms with van der Waals surface area (Å²) in [5, 5.41) is 26.5. The Morgan fingerprint density at radius 2 is 1.71 bits per heavy atom. The summed E-state index contributed by atoms with van der Waals surface area (Å²) in [6, 6.07) is 8.69. The van der Waals surface area contributed by atoms with Crippen molar-refractivity contribution in [2.75, 3.05) is 46.5 Å². The predicted molar refractivity (Wildman–Crippen MR) is 145 cm³/mol. The number of carboxylic acids is 1. The van der Waals surface area contributed by atoms with Crippen LogP contribution < -0.4 is 10.1 Å². The van der Waals surface area contributed by atoms with Gasteiger partial charge in [0.1, 0.15) is 12.6 Å². The van der Waals surface area contributed by atoms with Crippen LogP contribution in [0.15, 0.2) is 36.4 Å². The summed E-state index contributed by atoms with van der Waals surface area (Å²) in [5.41, 5.74) is -1.65. The molecule has 1 aliphatic rings. The van der Waals surface area contributed by atoms with Gasteiger partial charge in [0.05, 0.1) is 19.4 Å². The van der Waals surface area contributed by atoms with Gasteiger partial charge in [-0.2, -0.15) is 5.10 Å². The van der Waals surface area contributed by atoms with Gasteiger partial charge in [0.15, 0.2) is 11.3 Å². The molecular formula is C27H35N5O10. The molecule has 3 N–H and O–H groups in total. The van der Waals surface area contributed by atoms with Crippen molar-refractivity contribution in [2.45, 2.75) is 38.3 Å². The average molecular weight is 590 g/mol. The Hall–Kier alpha value is -4.66. The number of hydrogen-bond donors (Lipinski definition) is 3. The Bertz CT molecular complexity index is 1270. The molecule has 0 spiro atoms. The van der Waals surface area contributed by atoms with E-state index in [0.717, 1.165) is 7.11 Å². The third-order valence-electron chi connectivity index (χ3n) is 6.40. The van der Waals surface area contributed by atoms with Crippen molar-refractivity contribution in [1.82, 2.24) is 24.9 Å². The molecule has 0 saturated carbocycles. The summed E-state index contributed by atoms with van der Waals surface area (Å²) in [4.78, 5) is 64.7. The van der Waals surface area contributed by atoms with E-state index in [-0.39, 0.29) is 57.2 Å². The summed E-state index contributed by atoms with van der Waals surface area (Å²) in [5.74, 6) is -3.33. The molecule has 228 valence electrons. The summed E-state index contributed by atoms with van der Waals surface area (Å²) in [6.45, 7) is 3.41. The second kappa shape index (κ2) is 14.3. The van der Waals surface area contributed by atoms with Crippen molar-refractivity contribution in [2.24, 2.45) is 0 Å². The molecule has 1 unspecified atom stereocenters. The van der Waals surface area contributed by atoms with Crippen LogP contribution in [0, 0.1) is 0 Å². The van der Waals surface area contributed by atoms with Gasteiger partial charge in [-0.05, 0) is 32.4 Å². The molecule has 1 aromatic heterocycles. The Kier molecular flexibility index (Phi) is 10.8. The maximum atomic E-state index is 13.3. The zero-order valence-corrected chi connectivity index (χ0v) is 23.6. The van der Waals surface area contributed by atoms with E-state index in [1.54, 1.807) is 37.3 Å². The number of carbonyl (C=O) groups is 5. The van der Waals surface area contributed by atoms with E-state index in [0.29, 0.717) is 5.69 Å². The number of piperazine rings is 1. The average Bonchev–Trinajstić information content (AvgIpc) is 3.42. The van der Waals surface area contributed by atoms with Crippen molar-refractivity contribution in [1.29, 1.82) is 0 Å². The number of nitrogens with zero attached hydrogens (tertiary/aromatic N) is 4. The fraction of sp³-hybridized carbons (Fsp3) is 0.481. The maximum absolute atomic E-state index is 13.3. The van der Waals surface area contributed by atoms with Crippen LogP contribution in [0.1, 0.15) is 37.2 Å². The highest BCUT2D eigenvalue weighted by molar-refractivity contribution is 5.96. The number of hydrogen-bond acceptors (Lipinski definition) is 10. The van der Waals surface area contributed by atoms with Crippen molar-refractivity contribution in [3.8, 4) is 11.6 Å². The number of carboxylic acid groups (broad SMARTS) is 1. The number of rotatable bonds is 12. The van der Waals surface area contributed by atoms with E-state index in [1.807, 2.05) is 0 Å². The minimum atomic E-state index is -1.99. The summed E-state index contributed by atoms with van der Waals surface area (Å²) >= 11 is 0. The fourth-order valence-electron chi connectivity index (χ4n) is 4.13. The first-order chi connectivity index (χ1) is 20.0. The minimum Gasteiger partial charge on any atom is -0.481 e. The van der Waals surface area contributed by atoms with Gasteiger partial charge >= 0.3 is 18.0 Å². The van der Waals surface area contributed by atoms with E-state index in [4.69, 9.17) is 9.47 Å². The summed E-state index contributed by atoms with van der Waals surface area (Å²) in [7, 11) is 1.12. The van der Waals surface area contributed by atoms with Crippen LogP contribution in [0.3, 0.4) is 0 Å². The van der Waals surface area contributed by atoms with Crippen LogP contribution in [-0.2, 0) is 23.9 Å². The van der Waals surface area contributed by atoms with Gasteiger partial charge in [-0.25, -0.2) is 14.3 Å². The van der Waals surface area contributed by atoms with Gasteiger partial charge in [-0.15, -0.1) is 0 Å². The number of benzene rings is 1. The van der Waals surface area contributed by atoms with Crippen molar-refractivity contribution >= 4 is 29.8 Å². The quantitative estimate of drug-likeness (QED) is 0.291. The molecule has 3 amide bonds. The van der Waals surface area contributed by atoms with E-state index in [2.05, 4.69) is 15.2 Å². The number of para-hydroxylation sites is 1. The molecule has 0 bridgehead atoms. The molecule has 2 atom stereocenters. The molecule has 1 fully saturated rings.